The Kier molecular flexibility index (Phi) is 4.71. The summed E-state index contributed by atoms with van der Waals surface area (Å²) in [4.78, 5) is 0. The Hall–Kier alpha value is -0.780. The summed E-state index contributed by atoms with van der Waals surface area (Å²) in [5.74, 6) is 0.686. The van der Waals surface area contributed by atoms with Crippen molar-refractivity contribution in [3.63, 3.8) is 0 Å². The Balaban J connectivity index is 2.47. The van der Waals surface area contributed by atoms with Gasteiger partial charge in [-0.15, -0.1) is 0 Å². The molecule has 1 aromatic rings. The van der Waals surface area contributed by atoms with Crippen LogP contribution >= 0.6 is 15.9 Å². The summed E-state index contributed by atoms with van der Waals surface area (Å²) in [6.07, 6.45) is 1.78. The van der Waals surface area contributed by atoms with Gasteiger partial charge in [-0.3, -0.25) is 0 Å². The van der Waals surface area contributed by atoms with Crippen molar-refractivity contribution < 1.29 is 18.9 Å². The van der Waals surface area contributed by atoms with Crippen molar-refractivity contribution in [1.29, 1.82) is 0 Å². The first-order valence-corrected chi connectivity index (χ1v) is 7.16. The lowest BCUT2D eigenvalue weighted by Gasteiger charge is -2.29. The largest absolute Gasteiger partial charge is 0.493 e. The Morgan fingerprint density at radius 1 is 1.16 bits per heavy atom. The number of hydrogen-bond acceptors (Lipinski definition) is 4. The van der Waals surface area contributed by atoms with E-state index in [0.717, 1.165) is 22.9 Å². The lowest BCUT2D eigenvalue weighted by atomic mass is 10.0. The van der Waals surface area contributed by atoms with Crippen molar-refractivity contribution in [1.82, 2.24) is 0 Å². The molecule has 0 radical (unpaired) electrons. The molecule has 0 amide bonds. The van der Waals surface area contributed by atoms with E-state index >= 15 is 0 Å². The first-order chi connectivity index (χ1) is 9.16. The predicted octanol–water partition coefficient (Wildman–Crippen LogP) is 3.47. The van der Waals surface area contributed by atoms with Crippen molar-refractivity contribution in [2.75, 3.05) is 27.4 Å². The molecule has 0 spiro atoms. The van der Waals surface area contributed by atoms with Crippen LogP contribution in [0, 0.1) is 0 Å². The highest BCUT2D eigenvalue weighted by molar-refractivity contribution is 9.10. The second kappa shape index (κ2) is 6.11. The lowest BCUT2D eigenvalue weighted by Crippen LogP contribution is -2.27. The van der Waals surface area contributed by atoms with Crippen LogP contribution in [0.15, 0.2) is 16.6 Å². The molecule has 1 fully saturated rings. The Morgan fingerprint density at radius 3 is 2.26 bits per heavy atom. The van der Waals surface area contributed by atoms with Crippen LogP contribution in [0.1, 0.15) is 25.3 Å². The van der Waals surface area contributed by atoms with E-state index < -0.39 is 5.79 Å². The molecule has 0 atom stereocenters. The third-order valence-electron chi connectivity index (χ3n) is 3.22. The Labute approximate surface area is 122 Å². The Morgan fingerprint density at radius 2 is 1.74 bits per heavy atom. The summed E-state index contributed by atoms with van der Waals surface area (Å²) in [6, 6.07) is 3.81. The maximum absolute atomic E-state index is 5.87. The fraction of sp³-hybridized carbons (Fsp3) is 0.571. The molecule has 106 valence electrons. The van der Waals surface area contributed by atoms with Crippen molar-refractivity contribution >= 4 is 15.9 Å². The van der Waals surface area contributed by atoms with Crippen LogP contribution in [0.3, 0.4) is 0 Å². The van der Waals surface area contributed by atoms with E-state index in [9.17, 15) is 0 Å². The number of halogens is 1. The quantitative estimate of drug-likeness (QED) is 0.828. The highest BCUT2D eigenvalue weighted by atomic mass is 79.9. The minimum Gasteiger partial charge on any atom is -0.493 e. The summed E-state index contributed by atoms with van der Waals surface area (Å²) >= 11 is 3.57. The molecule has 1 saturated heterocycles. The highest BCUT2D eigenvalue weighted by Gasteiger charge is 2.39. The molecule has 4 nitrogen and oxygen atoms in total. The van der Waals surface area contributed by atoms with E-state index in [4.69, 9.17) is 18.9 Å². The molecule has 1 aromatic carbocycles. The van der Waals surface area contributed by atoms with Crippen molar-refractivity contribution in [2.45, 2.75) is 25.6 Å². The van der Waals surface area contributed by atoms with Crippen LogP contribution in [-0.4, -0.2) is 27.4 Å². The number of ether oxygens (including phenoxy) is 4. The maximum Gasteiger partial charge on any atom is 0.196 e. The van der Waals surface area contributed by atoms with Gasteiger partial charge in [-0.1, -0.05) is 29.3 Å². The first-order valence-electron chi connectivity index (χ1n) is 6.36. The van der Waals surface area contributed by atoms with Crippen LogP contribution in [0.5, 0.6) is 11.5 Å². The summed E-state index contributed by atoms with van der Waals surface area (Å²) in [5.41, 5.74) is 0.949. The van der Waals surface area contributed by atoms with Crippen LogP contribution < -0.4 is 9.47 Å². The fourth-order valence-electron chi connectivity index (χ4n) is 2.36. The molecule has 2 rings (SSSR count). The zero-order chi connectivity index (χ0) is 13.9. The third kappa shape index (κ3) is 2.73. The van der Waals surface area contributed by atoms with Gasteiger partial charge in [-0.2, -0.15) is 0 Å². The third-order valence-corrected chi connectivity index (χ3v) is 3.87. The average molecular weight is 331 g/mol. The predicted molar refractivity (Wildman–Crippen MR) is 75.7 cm³/mol. The summed E-state index contributed by atoms with van der Waals surface area (Å²) < 4.78 is 23.3. The van der Waals surface area contributed by atoms with Crippen LogP contribution in [0.4, 0.5) is 0 Å². The highest BCUT2D eigenvalue weighted by Crippen LogP contribution is 2.44. The van der Waals surface area contributed by atoms with E-state index in [-0.39, 0.29) is 0 Å². The molecule has 0 aliphatic carbocycles. The first kappa shape index (κ1) is 14.6. The van der Waals surface area contributed by atoms with Gasteiger partial charge in [0.15, 0.2) is 17.3 Å². The van der Waals surface area contributed by atoms with Gasteiger partial charge in [-0.25, -0.2) is 0 Å². The molecule has 0 N–H and O–H groups in total. The van der Waals surface area contributed by atoms with Gasteiger partial charge in [0.1, 0.15) is 0 Å². The Bertz CT molecular complexity index is 441. The van der Waals surface area contributed by atoms with Gasteiger partial charge in [0, 0.05) is 16.5 Å². The average Bonchev–Trinajstić information content (AvgIpc) is 2.88. The molecule has 19 heavy (non-hydrogen) atoms. The SMILES string of the molecule is CCCC1(c2cc(OC)c(OC)cc2Br)OCCO1. The van der Waals surface area contributed by atoms with Gasteiger partial charge in [0.2, 0.25) is 0 Å². The van der Waals surface area contributed by atoms with Gasteiger partial charge in [0.05, 0.1) is 27.4 Å². The van der Waals surface area contributed by atoms with E-state index in [1.54, 1.807) is 14.2 Å². The minimum atomic E-state index is -0.673. The zero-order valence-electron chi connectivity index (χ0n) is 11.5. The molecular weight excluding hydrogens is 312 g/mol. The normalized spacial score (nSPS) is 17.5. The van der Waals surface area contributed by atoms with Gasteiger partial charge in [-0.05, 0) is 12.1 Å². The minimum absolute atomic E-state index is 0.612. The molecular formula is C14H19BrO4. The number of methoxy groups -OCH3 is 2. The second-order valence-corrected chi connectivity index (χ2v) is 5.24. The van der Waals surface area contributed by atoms with E-state index in [0.29, 0.717) is 24.7 Å². The van der Waals surface area contributed by atoms with Crippen molar-refractivity contribution in [3.05, 3.63) is 22.2 Å². The lowest BCUT2D eigenvalue weighted by molar-refractivity contribution is -0.171. The smallest absolute Gasteiger partial charge is 0.196 e. The topological polar surface area (TPSA) is 36.9 Å². The van der Waals surface area contributed by atoms with Crippen LogP contribution in [-0.2, 0) is 15.3 Å². The number of hydrogen-bond donors (Lipinski definition) is 0. The van der Waals surface area contributed by atoms with Crippen LogP contribution in [0.25, 0.3) is 0 Å². The summed E-state index contributed by atoms with van der Waals surface area (Å²) in [7, 11) is 3.24. The molecule has 1 heterocycles. The molecule has 0 unspecified atom stereocenters. The zero-order valence-corrected chi connectivity index (χ0v) is 13.1. The van der Waals surface area contributed by atoms with Crippen molar-refractivity contribution in [3.8, 4) is 11.5 Å². The van der Waals surface area contributed by atoms with E-state index in [2.05, 4.69) is 22.9 Å². The van der Waals surface area contributed by atoms with Crippen LogP contribution in [0.2, 0.25) is 0 Å². The number of rotatable bonds is 5. The van der Waals surface area contributed by atoms with Gasteiger partial charge < -0.3 is 18.9 Å². The maximum atomic E-state index is 5.87. The molecule has 1 aliphatic rings. The number of benzene rings is 1. The van der Waals surface area contributed by atoms with E-state index in [1.807, 2.05) is 12.1 Å². The van der Waals surface area contributed by atoms with Gasteiger partial charge >= 0.3 is 0 Å². The molecule has 1 aliphatic heterocycles. The molecule has 0 saturated carbocycles. The summed E-state index contributed by atoms with van der Waals surface area (Å²) in [5, 5.41) is 0. The molecule has 5 heteroatoms. The standard InChI is InChI=1S/C14H19BrO4/c1-4-5-14(18-6-7-19-14)10-8-12(16-2)13(17-3)9-11(10)15/h8-9H,4-7H2,1-3H3. The van der Waals surface area contributed by atoms with E-state index in [1.165, 1.54) is 0 Å². The molecule has 0 aromatic heterocycles. The summed E-state index contributed by atoms with van der Waals surface area (Å²) in [6.45, 7) is 3.34. The second-order valence-electron chi connectivity index (χ2n) is 4.39. The fourth-order valence-corrected chi connectivity index (χ4v) is 2.99. The van der Waals surface area contributed by atoms with Gasteiger partial charge in [0.25, 0.3) is 0 Å². The van der Waals surface area contributed by atoms with Crippen molar-refractivity contribution in [2.24, 2.45) is 0 Å². The molecule has 0 bridgehead atoms. The monoisotopic (exact) mass is 330 g/mol.